The number of anilines is 2. The first-order valence-electron chi connectivity index (χ1n) is 17.3. The molecular weight excluding hydrogens is 635 g/mol. The van der Waals surface area contributed by atoms with Crippen LogP contribution >= 0.6 is 23.2 Å². The predicted molar refractivity (Wildman–Crippen MR) is 191 cm³/mol. The summed E-state index contributed by atoms with van der Waals surface area (Å²) in [6, 6.07) is 9.86. The summed E-state index contributed by atoms with van der Waals surface area (Å²) in [5.41, 5.74) is 3.57. The summed E-state index contributed by atoms with van der Waals surface area (Å²) in [4.78, 5) is 35.5. The number of carbonyl (C=O) groups is 2. The lowest BCUT2D eigenvalue weighted by Gasteiger charge is -2.43. The van der Waals surface area contributed by atoms with E-state index in [-0.39, 0.29) is 24.0 Å². The molecule has 3 heterocycles. The van der Waals surface area contributed by atoms with E-state index in [4.69, 9.17) is 32.7 Å². The van der Waals surface area contributed by atoms with Crippen molar-refractivity contribution in [2.45, 2.75) is 104 Å². The molecule has 0 bridgehead atoms. The highest BCUT2D eigenvalue weighted by Gasteiger charge is 2.48. The molecule has 0 spiro atoms. The van der Waals surface area contributed by atoms with Gasteiger partial charge in [0.15, 0.2) is 6.23 Å². The van der Waals surface area contributed by atoms with E-state index < -0.39 is 11.8 Å². The van der Waals surface area contributed by atoms with E-state index in [9.17, 15) is 9.59 Å². The van der Waals surface area contributed by atoms with E-state index in [0.717, 1.165) is 80.2 Å². The molecule has 1 saturated heterocycles. The Bertz CT molecular complexity index is 1440. The van der Waals surface area contributed by atoms with Gasteiger partial charge < -0.3 is 19.3 Å². The van der Waals surface area contributed by atoms with E-state index in [0.29, 0.717) is 35.4 Å². The summed E-state index contributed by atoms with van der Waals surface area (Å²) >= 11 is 12.7. The normalized spacial score (nSPS) is 19.9. The van der Waals surface area contributed by atoms with Crippen LogP contribution in [0.25, 0.3) is 0 Å². The summed E-state index contributed by atoms with van der Waals surface area (Å²) < 4.78 is 12.7. The smallest absolute Gasteiger partial charge is 0.412 e. The van der Waals surface area contributed by atoms with Gasteiger partial charge in [0.05, 0.1) is 28.0 Å². The minimum atomic E-state index is -0.703. The van der Waals surface area contributed by atoms with Crippen LogP contribution in [0.15, 0.2) is 30.3 Å². The van der Waals surface area contributed by atoms with Crippen molar-refractivity contribution in [1.82, 2.24) is 9.80 Å². The highest BCUT2D eigenvalue weighted by Crippen LogP contribution is 2.50. The van der Waals surface area contributed by atoms with Crippen LogP contribution in [-0.4, -0.2) is 78.9 Å². The van der Waals surface area contributed by atoms with Crippen molar-refractivity contribution in [3.63, 3.8) is 0 Å². The number of amides is 2. The van der Waals surface area contributed by atoms with Crippen molar-refractivity contribution in [3.05, 3.63) is 51.5 Å². The molecule has 2 unspecified atom stereocenters. The number of unbranched alkanes of at least 4 members (excludes halogenated alkanes) is 1. The topological polar surface area (TPSA) is 65.6 Å². The van der Waals surface area contributed by atoms with Gasteiger partial charge in [-0.05, 0) is 89.6 Å². The molecule has 2 amide bonds. The summed E-state index contributed by atoms with van der Waals surface area (Å²) in [5.74, 6) is 0.984. The van der Waals surface area contributed by atoms with Gasteiger partial charge in [-0.3, -0.25) is 14.6 Å². The first-order chi connectivity index (χ1) is 22.3. The molecule has 1 fully saturated rings. The Morgan fingerprint density at radius 2 is 1.74 bits per heavy atom. The summed E-state index contributed by atoms with van der Waals surface area (Å²) in [6.07, 6.45) is 2.79. The van der Waals surface area contributed by atoms with Crippen molar-refractivity contribution in [1.29, 1.82) is 0 Å². The van der Waals surface area contributed by atoms with Crippen molar-refractivity contribution in [3.8, 4) is 5.75 Å². The molecule has 2 atom stereocenters. The fourth-order valence-corrected chi connectivity index (χ4v) is 8.36. The maximum atomic E-state index is 13.8. The van der Waals surface area contributed by atoms with E-state index in [1.807, 2.05) is 49.9 Å². The number of carbonyl (C=O) groups excluding carboxylic acids is 2. The van der Waals surface area contributed by atoms with Gasteiger partial charge in [-0.2, -0.15) is 0 Å². The largest absolute Gasteiger partial charge is 0.493 e. The molecule has 2 aromatic rings. The van der Waals surface area contributed by atoms with Crippen LogP contribution in [0.4, 0.5) is 16.2 Å². The summed E-state index contributed by atoms with van der Waals surface area (Å²) in [6.45, 7) is 20.0. The molecule has 10 heteroatoms. The molecule has 0 aliphatic carbocycles. The van der Waals surface area contributed by atoms with Gasteiger partial charge in [0, 0.05) is 55.7 Å². The van der Waals surface area contributed by atoms with Crippen molar-refractivity contribution < 1.29 is 19.1 Å². The third-order valence-electron chi connectivity index (χ3n) is 9.78. The van der Waals surface area contributed by atoms with Gasteiger partial charge in [0.1, 0.15) is 5.75 Å². The number of hydrogen-bond donors (Lipinski definition) is 0. The summed E-state index contributed by atoms with van der Waals surface area (Å²) in [5, 5.41) is 1.22. The van der Waals surface area contributed by atoms with Crippen molar-refractivity contribution >= 4 is 46.6 Å². The highest BCUT2D eigenvalue weighted by atomic mass is 35.5. The lowest BCUT2D eigenvalue weighted by atomic mass is 9.90. The monoisotopic (exact) mass is 686 g/mol. The molecule has 47 heavy (non-hydrogen) atoms. The Morgan fingerprint density at radius 1 is 1.02 bits per heavy atom. The maximum Gasteiger partial charge on any atom is 0.412 e. The highest BCUT2D eigenvalue weighted by molar-refractivity contribution is 6.43. The Hall–Kier alpha value is -2.68. The van der Waals surface area contributed by atoms with Gasteiger partial charge in [0.2, 0.25) is 5.91 Å². The summed E-state index contributed by atoms with van der Waals surface area (Å²) in [7, 11) is 0. The third kappa shape index (κ3) is 7.65. The SMILES string of the molecule is CC(C)CC(C)(C)N(C(=O)OC1C(C)c2c(OCCCCN3CCN(c4cccc(Cl)c4Cl)CC3)ccc3c2N1C(=O)CC3)C(C)C. The van der Waals surface area contributed by atoms with Gasteiger partial charge >= 0.3 is 6.09 Å². The Balaban J connectivity index is 1.19. The second-order valence-electron chi connectivity index (χ2n) is 14.6. The zero-order chi connectivity index (χ0) is 34.0. The van der Waals surface area contributed by atoms with Crippen LogP contribution in [0.5, 0.6) is 5.75 Å². The second-order valence-corrected chi connectivity index (χ2v) is 15.4. The number of ether oxygens (including phenoxy) is 2. The molecule has 0 radical (unpaired) electrons. The number of hydrogen-bond acceptors (Lipinski definition) is 6. The maximum absolute atomic E-state index is 13.8. The predicted octanol–water partition coefficient (Wildman–Crippen LogP) is 8.37. The number of aryl methyl sites for hydroxylation is 1. The fourth-order valence-electron chi connectivity index (χ4n) is 7.95. The van der Waals surface area contributed by atoms with E-state index >= 15 is 0 Å². The first-order valence-corrected chi connectivity index (χ1v) is 18.1. The number of rotatable bonds is 12. The van der Waals surface area contributed by atoms with Crippen LogP contribution in [0.1, 0.15) is 91.2 Å². The van der Waals surface area contributed by atoms with Crippen LogP contribution in [0, 0.1) is 5.92 Å². The quantitative estimate of drug-likeness (QED) is 0.209. The molecule has 0 aromatic heterocycles. The molecule has 0 N–H and O–H groups in total. The lowest BCUT2D eigenvalue weighted by Crippen LogP contribution is -2.54. The molecular formula is C37H52Cl2N4O4. The van der Waals surface area contributed by atoms with Gasteiger partial charge in [0.25, 0.3) is 0 Å². The third-order valence-corrected chi connectivity index (χ3v) is 10.6. The Morgan fingerprint density at radius 3 is 2.43 bits per heavy atom. The number of halogens is 2. The van der Waals surface area contributed by atoms with Gasteiger partial charge in [-0.15, -0.1) is 0 Å². The Kier molecular flexibility index (Phi) is 11.2. The van der Waals surface area contributed by atoms with E-state index in [1.165, 1.54) is 0 Å². The minimum absolute atomic E-state index is 0.00619. The van der Waals surface area contributed by atoms with Crippen LogP contribution in [0.3, 0.4) is 0 Å². The molecule has 3 aliphatic heterocycles. The average Bonchev–Trinajstić information content (AvgIpc) is 3.29. The van der Waals surface area contributed by atoms with Crippen LogP contribution in [0.2, 0.25) is 10.0 Å². The number of nitrogens with zero attached hydrogens (tertiary/aromatic N) is 4. The standard InChI is InChI=1S/C37H52Cl2N4O4/c1-24(2)23-37(6,7)43(25(3)4)36(45)47-35-26(5)32-30(15-13-27-14-16-31(44)42(35)34(27)32)46-22-9-8-17-40-18-20-41(21-19-40)29-12-10-11-28(38)33(29)39/h10-13,15,24-26,35H,8-9,14,16-23H2,1-7H3. The first kappa shape index (κ1) is 35.6. The molecule has 258 valence electrons. The van der Waals surface area contributed by atoms with Crippen LogP contribution in [-0.2, 0) is 16.0 Å². The zero-order valence-electron chi connectivity index (χ0n) is 29.2. The molecule has 5 rings (SSSR count). The fraction of sp³-hybridized carbons (Fsp3) is 0.622. The molecule has 0 saturated carbocycles. The second kappa shape index (κ2) is 14.8. The van der Waals surface area contributed by atoms with Gasteiger partial charge in [-0.1, -0.05) is 56.1 Å². The molecule has 3 aliphatic rings. The zero-order valence-corrected chi connectivity index (χ0v) is 30.7. The van der Waals surface area contributed by atoms with Gasteiger partial charge in [-0.25, -0.2) is 4.79 Å². The number of piperazine rings is 1. The van der Waals surface area contributed by atoms with E-state index in [2.05, 4.69) is 43.6 Å². The molecule has 8 nitrogen and oxygen atoms in total. The Labute approximate surface area is 291 Å². The van der Waals surface area contributed by atoms with Crippen molar-refractivity contribution in [2.24, 2.45) is 5.92 Å². The van der Waals surface area contributed by atoms with E-state index in [1.54, 1.807) is 4.90 Å². The lowest BCUT2D eigenvalue weighted by molar-refractivity contribution is -0.121. The minimum Gasteiger partial charge on any atom is -0.493 e. The molecule has 2 aromatic carbocycles. The number of benzene rings is 2. The average molecular weight is 688 g/mol. The van der Waals surface area contributed by atoms with Crippen molar-refractivity contribution in [2.75, 3.05) is 49.1 Å². The van der Waals surface area contributed by atoms with Crippen LogP contribution < -0.4 is 14.5 Å².